The second-order valence-electron chi connectivity index (χ2n) is 2.80. The van der Waals surface area contributed by atoms with E-state index in [-0.39, 0.29) is 11.1 Å². The van der Waals surface area contributed by atoms with Crippen molar-refractivity contribution >= 4 is 22.9 Å². The number of nitriles is 2. The third-order valence-electron chi connectivity index (χ3n) is 1.94. The lowest BCUT2D eigenvalue weighted by Crippen LogP contribution is -1.85. The molecular formula is C12H6N4. The summed E-state index contributed by atoms with van der Waals surface area (Å²) in [5.74, 6) is 4.05. The maximum Gasteiger partial charge on any atom is 0.120 e. The number of hydrogen-bond donors (Lipinski definition) is 2. The SMILES string of the molecule is N#CC(=C=N)c1ccc(C(=C=N)C#N)cc1. The van der Waals surface area contributed by atoms with Crippen molar-refractivity contribution in [1.82, 2.24) is 0 Å². The summed E-state index contributed by atoms with van der Waals surface area (Å²) < 4.78 is 0. The maximum absolute atomic E-state index is 8.68. The van der Waals surface area contributed by atoms with Crippen molar-refractivity contribution in [3.63, 3.8) is 0 Å². The van der Waals surface area contributed by atoms with Gasteiger partial charge in [-0.25, -0.2) is 0 Å². The smallest absolute Gasteiger partial charge is 0.120 e. The van der Waals surface area contributed by atoms with Gasteiger partial charge in [-0.15, -0.1) is 0 Å². The largest absolute Gasteiger partial charge is 0.258 e. The first-order valence-electron chi connectivity index (χ1n) is 4.27. The summed E-state index contributed by atoms with van der Waals surface area (Å²) in [6, 6.07) is 10.1. The minimum atomic E-state index is 0.129. The first-order chi connectivity index (χ1) is 7.76. The van der Waals surface area contributed by atoms with Crippen LogP contribution >= 0.6 is 0 Å². The summed E-state index contributed by atoms with van der Waals surface area (Å²) in [6.07, 6.45) is 0. The summed E-state index contributed by atoms with van der Waals surface area (Å²) in [6.45, 7) is 0. The summed E-state index contributed by atoms with van der Waals surface area (Å²) in [7, 11) is 0. The maximum atomic E-state index is 8.68. The molecule has 0 bridgehead atoms. The Hall–Kier alpha value is -2.90. The fourth-order valence-electron chi connectivity index (χ4n) is 1.13. The average Bonchev–Trinajstić information content (AvgIpc) is 2.34. The molecule has 0 aliphatic heterocycles. The monoisotopic (exact) mass is 206 g/mol. The van der Waals surface area contributed by atoms with E-state index < -0.39 is 0 Å². The van der Waals surface area contributed by atoms with Crippen LogP contribution < -0.4 is 0 Å². The van der Waals surface area contributed by atoms with Gasteiger partial charge in [0.05, 0.1) is 0 Å². The lowest BCUT2D eigenvalue weighted by molar-refractivity contribution is 1.50. The van der Waals surface area contributed by atoms with E-state index in [1.54, 1.807) is 24.3 Å². The number of allylic oxidation sites excluding steroid dienone is 2. The predicted molar refractivity (Wildman–Crippen MR) is 59.9 cm³/mol. The van der Waals surface area contributed by atoms with Crippen molar-refractivity contribution in [2.45, 2.75) is 0 Å². The molecule has 1 aromatic rings. The summed E-state index contributed by atoms with van der Waals surface area (Å²) in [5, 5.41) is 31.2. The lowest BCUT2D eigenvalue weighted by atomic mass is 10.0. The molecule has 74 valence electrons. The number of rotatable bonds is 2. The van der Waals surface area contributed by atoms with Crippen LogP contribution in [0.25, 0.3) is 11.1 Å². The Balaban J connectivity index is 3.22. The topological polar surface area (TPSA) is 95.3 Å². The number of nitrogens with one attached hydrogen (secondary N) is 2. The molecule has 1 rings (SSSR count). The summed E-state index contributed by atoms with van der Waals surface area (Å²) >= 11 is 0. The van der Waals surface area contributed by atoms with Gasteiger partial charge in [0.15, 0.2) is 0 Å². The normalized spacial score (nSPS) is 7.88. The average molecular weight is 206 g/mol. The molecule has 0 amide bonds. The fourth-order valence-corrected chi connectivity index (χ4v) is 1.13. The Morgan fingerprint density at radius 2 is 1.12 bits per heavy atom. The first-order valence-corrected chi connectivity index (χ1v) is 4.27. The Bertz CT molecular complexity index is 528. The summed E-state index contributed by atoms with van der Waals surface area (Å²) in [5.41, 5.74) is 1.37. The predicted octanol–water partition coefficient (Wildman–Crippen LogP) is 2.00. The highest BCUT2D eigenvalue weighted by molar-refractivity contribution is 5.98. The van der Waals surface area contributed by atoms with Crippen LogP contribution in [0, 0.1) is 33.5 Å². The molecule has 0 saturated carbocycles. The van der Waals surface area contributed by atoms with E-state index in [9.17, 15) is 0 Å². The van der Waals surface area contributed by atoms with Gasteiger partial charge in [-0.2, -0.15) is 10.5 Å². The molecule has 4 heteroatoms. The van der Waals surface area contributed by atoms with E-state index in [1.165, 1.54) is 0 Å². The van der Waals surface area contributed by atoms with Crippen LogP contribution in [0.3, 0.4) is 0 Å². The van der Waals surface area contributed by atoms with E-state index in [1.807, 2.05) is 23.9 Å². The molecule has 16 heavy (non-hydrogen) atoms. The van der Waals surface area contributed by atoms with Crippen LogP contribution in [0.4, 0.5) is 0 Å². The molecule has 0 aliphatic rings. The quantitative estimate of drug-likeness (QED) is 0.571. The summed E-state index contributed by atoms with van der Waals surface area (Å²) in [4.78, 5) is 0. The van der Waals surface area contributed by atoms with E-state index in [0.717, 1.165) is 0 Å². The molecule has 2 N–H and O–H groups in total. The Kier molecular flexibility index (Phi) is 3.56. The highest BCUT2D eigenvalue weighted by Gasteiger charge is 2.03. The molecule has 0 fully saturated rings. The molecule has 0 radical (unpaired) electrons. The molecule has 0 saturated heterocycles. The molecule has 1 aromatic carbocycles. The molecule has 0 aromatic heterocycles. The second kappa shape index (κ2) is 5.10. The van der Waals surface area contributed by atoms with Gasteiger partial charge in [0, 0.05) is 11.1 Å². The van der Waals surface area contributed by atoms with E-state index in [2.05, 4.69) is 0 Å². The molecule has 4 nitrogen and oxygen atoms in total. The second-order valence-corrected chi connectivity index (χ2v) is 2.80. The molecule has 0 heterocycles. The van der Waals surface area contributed by atoms with Crippen molar-refractivity contribution in [3.8, 4) is 12.1 Å². The van der Waals surface area contributed by atoms with Gasteiger partial charge in [0.2, 0.25) is 0 Å². The van der Waals surface area contributed by atoms with Gasteiger partial charge in [-0.05, 0) is 11.7 Å². The Morgan fingerprint density at radius 3 is 1.31 bits per heavy atom. The Labute approximate surface area is 92.4 Å². The van der Waals surface area contributed by atoms with Gasteiger partial charge in [-0.1, -0.05) is 24.3 Å². The highest BCUT2D eigenvalue weighted by atomic mass is 14.3. The molecule has 0 unspecified atom stereocenters. The minimum absolute atomic E-state index is 0.129. The van der Waals surface area contributed by atoms with Gasteiger partial charge < -0.3 is 0 Å². The van der Waals surface area contributed by atoms with Gasteiger partial charge in [0.1, 0.15) is 23.3 Å². The number of nitrogens with zero attached hydrogens (tertiary/aromatic N) is 2. The third-order valence-corrected chi connectivity index (χ3v) is 1.94. The lowest BCUT2D eigenvalue weighted by Gasteiger charge is -1.98. The van der Waals surface area contributed by atoms with E-state index in [4.69, 9.17) is 21.3 Å². The van der Waals surface area contributed by atoms with Gasteiger partial charge >= 0.3 is 0 Å². The Morgan fingerprint density at radius 1 is 0.812 bits per heavy atom. The first kappa shape index (κ1) is 11.2. The van der Waals surface area contributed by atoms with Crippen molar-refractivity contribution in [3.05, 3.63) is 35.4 Å². The van der Waals surface area contributed by atoms with Gasteiger partial charge in [-0.3, -0.25) is 10.8 Å². The van der Waals surface area contributed by atoms with Crippen LogP contribution in [0.15, 0.2) is 24.3 Å². The molecular weight excluding hydrogens is 200 g/mol. The van der Waals surface area contributed by atoms with Crippen LogP contribution in [0.1, 0.15) is 11.1 Å². The van der Waals surface area contributed by atoms with Crippen molar-refractivity contribution in [2.24, 2.45) is 0 Å². The molecule has 0 aliphatic carbocycles. The highest BCUT2D eigenvalue weighted by Crippen LogP contribution is 2.15. The van der Waals surface area contributed by atoms with Crippen LogP contribution in [0.5, 0.6) is 0 Å². The van der Waals surface area contributed by atoms with Crippen molar-refractivity contribution in [1.29, 1.82) is 21.3 Å². The van der Waals surface area contributed by atoms with Crippen LogP contribution in [-0.4, -0.2) is 11.7 Å². The van der Waals surface area contributed by atoms with Gasteiger partial charge in [0.25, 0.3) is 0 Å². The zero-order chi connectivity index (χ0) is 12.0. The van der Waals surface area contributed by atoms with Crippen molar-refractivity contribution in [2.75, 3.05) is 0 Å². The van der Waals surface area contributed by atoms with Crippen LogP contribution in [-0.2, 0) is 0 Å². The van der Waals surface area contributed by atoms with Crippen molar-refractivity contribution < 1.29 is 0 Å². The fraction of sp³-hybridized carbons (Fsp3) is 0. The standard InChI is InChI=1S/C12H6N4/c13-5-11(6-14)9-1-2-10(4-3-9)12(7-15)8-16/h1-4,13,15H. The third kappa shape index (κ3) is 2.12. The molecule has 0 atom stereocenters. The van der Waals surface area contributed by atoms with E-state index >= 15 is 0 Å². The zero-order valence-electron chi connectivity index (χ0n) is 8.20. The minimum Gasteiger partial charge on any atom is -0.258 e. The van der Waals surface area contributed by atoms with Crippen LogP contribution in [0.2, 0.25) is 0 Å². The van der Waals surface area contributed by atoms with E-state index in [0.29, 0.717) is 11.1 Å². The molecule has 0 spiro atoms. The number of hydrogen-bond acceptors (Lipinski definition) is 4. The zero-order valence-corrected chi connectivity index (χ0v) is 8.20. The number of benzene rings is 1.